The predicted octanol–water partition coefficient (Wildman–Crippen LogP) is 0.727. The molecule has 1 aromatic heterocycles. The highest BCUT2D eigenvalue weighted by atomic mass is 16.5. The molecule has 0 radical (unpaired) electrons. The van der Waals surface area contributed by atoms with Crippen LogP contribution >= 0.6 is 0 Å². The number of aliphatic hydroxyl groups is 1. The maximum absolute atomic E-state index is 9.05. The van der Waals surface area contributed by atoms with Gasteiger partial charge in [-0.15, -0.1) is 0 Å². The van der Waals surface area contributed by atoms with E-state index in [1.165, 1.54) is 0 Å². The van der Waals surface area contributed by atoms with Gasteiger partial charge in [0.15, 0.2) is 0 Å². The Kier molecular flexibility index (Phi) is 2.61. The van der Waals surface area contributed by atoms with Gasteiger partial charge in [0.05, 0.1) is 24.8 Å². The van der Waals surface area contributed by atoms with Crippen LogP contribution in [0, 0.1) is 0 Å². The van der Waals surface area contributed by atoms with Crippen LogP contribution < -0.4 is 0 Å². The zero-order valence-corrected chi connectivity index (χ0v) is 7.52. The molecule has 1 fully saturated rings. The van der Waals surface area contributed by atoms with Crippen molar-refractivity contribution in [1.29, 1.82) is 0 Å². The first-order valence-electron chi connectivity index (χ1n) is 4.61. The highest BCUT2D eigenvalue weighted by molar-refractivity contribution is 4.98. The second-order valence-electron chi connectivity index (χ2n) is 3.29. The number of imidazole rings is 1. The molecule has 2 heterocycles. The molecule has 1 N–H and O–H groups in total. The van der Waals surface area contributed by atoms with E-state index in [0.717, 1.165) is 31.7 Å². The van der Waals surface area contributed by atoms with E-state index < -0.39 is 0 Å². The van der Waals surface area contributed by atoms with E-state index in [1.807, 2.05) is 0 Å². The third-order valence-electron chi connectivity index (χ3n) is 2.49. The molecule has 1 saturated heterocycles. The summed E-state index contributed by atoms with van der Waals surface area (Å²) in [5.74, 6) is 0. The van der Waals surface area contributed by atoms with Gasteiger partial charge in [-0.2, -0.15) is 0 Å². The van der Waals surface area contributed by atoms with Crippen LogP contribution in [0.2, 0.25) is 0 Å². The van der Waals surface area contributed by atoms with Crippen LogP contribution in [0.25, 0.3) is 0 Å². The molecular weight excluding hydrogens is 168 g/mol. The molecule has 0 aromatic carbocycles. The fourth-order valence-corrected chi connectivity index (χ4v) is 1.75. The van der Waals surface area contributed by atoms with Crippen LogP contribution in [-0.4, -0.2) is 27.9 Å². The van der Waals surface area contributed by atoms with E-state index in [9.17, 15) is 0 Å². The zero-order valence-electron chi connectivity index (χ0n) is 7.52. The van der Waals surface area contributed by atoms with Crippen molar-refractivity contribution < 1.29 is 9.84 Å². The summed E-state index contributed by atoms with van der Waals surface area (Å²) in [7, 11) is 0. The first kappa shape index (κ1) is 8.72. The van der Waals surface area contributed by atoms with Crippen LogP contribution in [0.3, 0.4) is 0 Å². The van der Waals surface area contributed by atoms with Crippen molar-refractivity contribution in [2.45, 2.75) is 25.5 Å². The van der Waals surface area contributed by atoms with E-state index in [-0.39, 0.29) is 6.61 Å². The van der Waals surface area contributed by atoms with Crippen LogP contribution in [0.1, 0.15) is 24.6 Å². The second kappa shape index (κ2) is 3.89. The fraction of sp³-hybridized carbons (Fsp3) is 0.667. The molecule has 0 spiro atoms. The van der Waals surface area contributed by atoms with Gasteiger partial charge in [-0.3, -0.25) is 0 Å². The minimum absolute atomic E-state index is 0.0668. The summed E-state index contributed by atoms with van der Waals surface area (Å²) in [5, 5.41) is 9.05. The fourth-order valence-electron chi connectivity index (χ4n) is 1.75. The maximum Gasteiger partial charge on any atom is 0.0951 e. The molecule has 72 valence electrons. The maximum atomic E-state index is 9.05. The van der Waals surface area contributed by atoms with Crippen molar-refractivity contribution in [3.63, 3.8) is 0 Å². The Morgan fingerprint density at radius 3 is 3.00 bits per heavy atom. The Hall–Kier alpha value is -0.870. The molecule has 0 amide bonds. The molecule has 0 aliphatic carbocycles. The van der Waals surface area contributed by atoms with Gasteiger partial charge >= 0.3 is 0 Å². The summed E-state index contributed by atoms with van der Waals surface area (Å²) in [4.78, 5) is 4.03. The van der Waals surface area contributed by atoms with Crippen LogP contribution in [0.4, 0.5) is 0 Å². The summed E-state index contributed by atoms with van der Waals surface area (Å²) in [5.41, 5.74) is 0.895. The molecule has 1 aromatic rings. The smallest absolute Gasteiger partial charge is 0.0951 e. The van der Waals surface area contributed by atoms with Gasteiger partial charge in [-0.05, 0) is 12.8 Å². The molecule has 1 aliphatic heterocycles. The van der Waals surface area contributed by atoms with Gasteiger partial charge in [0, 0.05) is 19.3 Å². The summed E-state index contributed by atoms with van der Waals surface area (Å²) in [6.07, 6.45) is 5.55. The van der Waals surface area contributed by atoms with Crippen molar-refractivity contribution in [2.75, 3.05) is 13.2 Å². The molecule has 0 bridgehead atoms. The number of rotatable bonds is 2. The molecule has 4 heteroatoms. The number of hydrogen-bond acceptors (Lipinski definition) is 3. The molecule has 13 heavy (non-hydrogen) atoms. The van der Waals surface area contributed by atoms with E-state index in [2.05, 4.69) is 9.55 Å². The lowest BCUT2D eigenvalue weighted by atomic mass is 10.1. The second-order valence-corrected chi connectivity index (χ2v) is 3.29. The quantitative estimate of drug-likeness (QED) is 0.733. The van der Waals surface area contributed by atoms with Crippen molar-refractivity contribution >= 4 is 0 Å². The van der Waals surface area contributed by atoms with Gasteiger partial charge in [0.2, 0.25) is 0 Å². The summed E-state index contributed by atoms with van der Waals surface area (Å²) in [6, 6.07) is 0.457. The Balaban J connectivity index is 2.13. The molecule has 0 saturated carbocycles. The van der Waals surface area contributed by atoms with Gasteiger partial charge in [0.1, 0.15) is 0 Å². The van der Waals surface area contributed by atoms with Crippen LogP contribution in [0.5, 0.6) is 0 Å². The summed E-state index contributed by atoms with van der Waals surface area (Å²) in [6.45, 7) is 1.69. The lowest BCUT2D eigenvalue weighted by Crippen LogP contribution is -2.20. The van der Waals surface area contributed by atoms with Gasteiger partial charge in [-0.25, -0.2) is 4.98 Å². The van der Waals surface area contributed by atoms with Crippen molar-refractivity contribution in [1.82, 2.24) is 9.55 Å². The van der Waals surface area contributed by atoms with Crippen LogP contribution in [0.15, 0.2) is 12.5 Å². The van der Waals surface area contributed by atoms with Crippen molar-refractivity contribution in [2.24, 2.45) is 0 Å². The SMILES string of the molecule is OCc1cncn1C1CCOCC1. The highest BCUT2D eigenvalue weighted by Crippen LogP contribution is 2.21. The van der Waals surface area contributed by atoms with E-state index in [1.54, 1.807) is 12.5 Å². The van der Waals surface area contributed by atoms with Gasteiger partial charge < -0.3 is 14.4 Å². The average molecular weight is 182 g/mol. The first-order chi connectivity index (χ1) is 6.42. The van der Waals surface area contributed by atoms with Crippen LogP contribution in [-0.2, 0) is 11.3 Å². The zero-order chi connectivity index (χ0) is 9.10. The topological polar surface area (TPSA) is 47.3 Å². The lowest BCUT2D eigenvalue weighted by molar-refractivity contribution is 0.0678. The Labute approximate surface area is 77.2 Å². The number of aliphatic hydroxyl groups excluding tert-OH is 1. The van der Waals surface area contributed by atoms with E-state index in [0.29, 0.717) is 6.04 Å². The average Bonchev–Trinajstić information content (AvgIpc) is 2.67. The first-order valence-corrected chi connectivity index (χ1v) is 4.61. The monoisotopic (exact) mass is 182 g/mol. The molecular formula is C9H14N2O2. The van der Waals surface area contributed by atoms with E-state index >= 15 is 0 Å². The molecule has 4 nitrogen and oxygen atoms in total. The standard InChI is InChI=1S/C9H14N2O2/c12-6-9-5-10-7-11(9)8-1-3-13-4-2-8/h5,7-8,12H,1-4,6H2. The Morgan fingerprint density at radius 2 is 2.31 bits per heavy atom. The lowest BCUT2D eigenvalue weighted by Gasteiger charge is -2.24. The number of aromatic nitrogens is 2. The van der Waals surface area contributed by atoms with Gasteiger partial charge in [0.25, 0.3) is 0 Å². The van der Waals surface area contributed by atoms with Gasteiger partial charge in [-0.1, -0.05) is 0 Å². The van der Waals surface area contributed by atoms with Crippen molar-refractivity contribution in [3.8, 4) is 0 Å². The predicted molar refractivity (Wildman–Crippen MR) is 47.2 cm³/mol. The number of ether oxygens (including phenoxy) is 1. The molecule has 0 atom stereocenters. The summed E-state index contributed by atoms with van der Waals surface area (Å²) < 4.78 is 7.33. The summed E-state index contributed by atoms with van der Waals surface area (Å²) >= 11 is 0. The molecule has 0 unspecified atom stereocenters. The van der Waals surface area contributed by atoms with E-state index in [4.69, 9.17) is 9.84 Å². The number of nitrogens with zero attached hydrogens (tertiary/aromatic N) is 2. The molecule has 1 aliphatic rings. The minimum Gasteiger partial charge on any atom is -0.390 e. The highest BCUT2D eigenvalue weighted by Gasteiger charge is 2.17. The third kappa shape index (κ3) is 1.73. The minimum atomic E-state index is 0.0668. The Bertz CT molecular complexity index is 266. The third-order valence-corrected chi connectivity index (χ3v) is 2.49. The normalized spacial score (nSPS) is 19.2. The Morgan fingerprint density at radius 1 is 1.54 bits per heavy atom. The largest absolute Gasteiger partial charge is 0.390 e. The number of hydrogen-bond donors (Lipinski definition) is 1. The van der Waals surface area contributed by atoms with Crippen molar-refractivity contribution in [3.05, 3.63) is 18.2 Å². The molecule has 2 rings (SSSR count).